The molecule has 41 heavy (non-hydrogen) atoms. The summed E-state index contributed by atoms with van der Waals surface area (Å²) in [4.78, 5) is 51.2. The fraction of sp³-hybridized carbons (Fsp3) is 0.516. The summed E-state index contributed by atoms with van der Waals surface area (Å²) in [7, 11) is 1.60. The summed E-state index contributed by atoms with van der Waals surface area (Å²) in [5, 5.41) is 4.28. The minimum atomic E-state index is -0.394. The van der Waals surface area contributed by atoms with Crippen LogP contribution in [-0.2, 0) is 9.59 Å². The number of aromatic nitrogens is 3. The third kappa shape index (κ3) is 6.36. The number of ether oxygens (including phenoxy) is 1. The topological polar surface area (TPSA) is 143 Å². The smallest absolute Gasteiger partial charge is 0.314 e. The van der Waals surface area contributed by atoms with Gasteiger partial charge in [-0.2, -0.15) is 0 Å². The number of likely N-dealkylation sites (tertiary alicyclic amines) is 1. The molecule has 3 heterocycles. The maximum atomic E-state index is 13.5. The Morgan fingerprint density at radius 1 is 1.20 bits per heavy atom. The number of rotatable bonds is 12. The van der Waals surface area contributed by atoms with Gasteiger partial charge >= 0.3 is 6.03 Å². The van der Waals surface area contributed by atoms with E-state index in [0.29, 0.717) is 44.1 Å². The Bertz CT molecular complexity index is 1410. The number of fused-ring (bicyclic) bond motifs is 1. The van der Waals surface area contributed by atoms with E-state index in [2.05, 4.69) is 20.3 Å². The Hall–Kier alpha value is -3.95. The number of carbonyl (C=O) groups excluding carboxylic acids is 3. The molecule has 4 N–H and O–H groups in total. The molecule has 3 amide bonds. The molecule has 1 saturated heterocycles. The number of ketones is 1. The molecule has 2 fully saturated rings. The van der Waals surface area contributed by atoms with Gasteiger partial charge in [-0.15, -0.1) is 0 Å². The molecule has 0 radical (unpaired) electrons. The van der Waals surface area contributed by atoms with Crippen LogP contribution in [0.4, 0.5) is 4.79 Å². The molecule has 1 saturated carbocycles. The van der Waals surface area contributed by atoms with Gasteiger partial charge in [-0.25, -0.2) is 14.8 Å². The lowest BCUT2D eigenvalue weighted by atomic mass is 9.90. The number of nitrogens with one attached hydrogen (secondary N) is 2. The number of para-hydroxylation sites is 1. The summed E-state index contributed by atoms with van der Waals surface area (Å²) in [5.41, 5.74) is 7.82. The fourth-order valence-electron chi connectivity index (χ4n) is 6.11. The minimum absolute atomic E-state index is 0.0339. The van der Waals surface area contributed by atoms with E-state index in [1.54, 1.807) is 18.2 Å². The van der Waals surface area contributed by atoms with E-state index in [4.69, 9.17) is 10.5 Å². The second kappa shape index (κ2) is 12.3. The Morgan fingerprint density at radius 2 is 1.98 bits per heavy atom. The van der Waals surface area contributed by atoms with E-state index >= 15 is 0 Å². The largest absolute Gasteiger partial charge is 0.480 e. The maximum Gasteiger partial charge on any atom is 0.314 e. The van der Waals surface area contributed by atoms with Gasteiger partial charge in [0.15, 0.2) is 0 Å². The number of amides is 3. The van der Waals surface area contributed by atoms with Crippen LogP contribution in [0.5, 0.6) is 5.88 Å². The molecular weight excluding hydrogens is 520 g/mol. The highest BCUT2D eigenvalue weighted by molar-refractivity contribution is 5.86. The van der Waals surface area contributed by atoms with Gasteiger partial charge in [0, 0.05) is 37.2 Å². The van der Waals surface area contributed by atoms with Gasteiger partial charge in [-0.05, 0) is 49.7 Å². The number of H-pyrrole nitrogens is 1. The average molecular weight is 561 g/mol. The van der Waals surface area contributed by atoms with Crippen LogP contribution in [0.1, 0.15) is 76.6 Å². The summed E-state index contributed by atoms with van der Waals surface area (Å²) < 4.78 is 5.60. The van der Waals surface area contributed by atoms with Crippen molar-refractivity contribution >= 4 is 28.6 Å². The molecule has 10 nitrogen and oxygen atoms in total. The normalized spacial score (nSPS) is 18.3. The van der Waals surface area contributed by atoms with Crippen molar-refractivity contribution in [2.45, 2.75) is 70.8 Å². The molecule has 5 rings (SSSR count). The van der Waals surface area contributed by atoms with E-state index in [0.717, 1.165) is 60.7 Å². The highest BCUT2D eigenvalue weighted by atomic mass is 16.5. The lowest BCUT2D eigenvalue weighted by Gasteiger charge is -2.31. The van der Waals surface area contributed by atoms with E-state index < -0.39 is 6.03 Å². The first-order valence-corrected chi connectivity index (χ1v) is 14.7. The Morgan fingerprint density at radius 3 is 2.71 bits per heavy atom. The zero-order valence-electron chi connectivity index (χ0n) is 23.9. The van der Waals surface area contributed by atoms with Crippen LogP contribution in [-0.4, -0.2) is 57.8 Å². The van der Waals surface area contributed by atoms with E-state index in [1.165, 1.54) is 0 Å². The second-order valence-corrected chi connectivity index (χ2v) is 11.4. The third-order valence-electron chi connectivity index (χ3n) is 8.83. The summed E-state index contributed by atoms with van der Waals surface area (Å²) in [6.45, 7) is 3.09. The lowest BCUT2D eigenvalue weighted by Crippen LogP contribution is -2.43. The zero-order valence-corrected chi connectivity index (χ0v) is 23.9. The highest BCUT2D eigenvalue weighted by Crippen LogP contribution is 2.59. The SMILES string of the molecule is CCC(=O)CCCCC[C@H](NC(=O)C1CC12CCN(C(N)=O)CC2)c1ncc(-c2cc3ccccc3nc2OC)[nH]1. The Labute approximate surface area is 240 Å². The van der Waals surface area contributed by atoms with Crippen molar-refractivity contribution in [3.05, 3.63) is 42.4 Å². The lowest BCUT2D eigenvalue weighted by molar-refractivity contribution is -0.124. The number of nitrogens with zero attached hydrogens (tertiary/aromatic N) is 3. The van der Waals surface area contributed by atoms with Crippen LogP contribution >= 0.6 is 0 Å². The van der Waals surface area contributed by atoms with E-state index in [-0.39, 0.29) is 29.1 Å². The Kier molecular flexibility index (Phi) is 8.56. The molecule has 0 bridgehead atoms. The molecule has 2 atom stereocenters. The minimum Gasteiger partial charge on any atom is -0.480 e. The molecule has 1 spiro atoms. The number of aromatic amines is 1. The summed E-state index contributed by atoms with van der Waals surface area (Å²) >= 11 is 0. The van der Waals surface area contributed by atoms with Crippen LogP contribution in [0.2, 0.25) is 0 Å². The maximum absolute atomic E-state index is 13.5. The van der Waals surface area contributed by atoms with Crippen LogP contribution in [0.25, 0.3) is 22.2 Å². The van der Waals surface area contributed by atoms with E-state index in [9.17, 15) is 14.4 Å². The van der Waals surface area contributed by atoms with Gasteiger partial charge in [-0.1, -0.05) is 38.0 Å². The first kappa shape index (κ1) is 28.6. The standard InChI is InChI=1S/C31H40N6O4/c1-3-21(38)10-5-4-6-12-25(35-28(39)23-18-31(23)13-15-37(16-14-31)30(32)40)27-33-19-26(34-27)22-17-20-9-7-8-11-24(20)36-29(22)41-2/h7-9,11,17,19,23,25H,3-6,10,12-16,18H2,1-2H3,(H2,32,40)(H,33,34)(H,35,39)/t23?,25-/m0/s1. The van der Waals surface area contributed by atoms with Crippen LogP contribution < -0.4 is 15.8 Å². The van der Waals surface area contributed by atoms with Gasteiger partial charge < -0.3 is 25.7 Å². The predicted octanol–water partition coefficient (Wildman–Crippen LogP) is 4.90. The molecule has 1 aliphatic heterocycles. The van der Waals surface area contributed by atoms with Crippen molar-refractivity contribution in [3.8, 4) is 17.1 Å². The van der Waals surface area contributed by atoms with Crippen molar-refractivity contribution in [1.82, 2.24) is 25.2 Å². The number of primary amides is 1. The van der Waals surface area contributed by atoms with Crippen LogP contribution in [0.3, 0.4) is 0 Å². The molecule has 1 aliphatic carbocycles. The van der Waals surface area contributed by atoms with Crippen molar-refractivity contribution in [1.29, 1.82) is 0 Å². The molecule has 2 aliphatic rings. The van der Waals surface area contributed by atoms with Gasteiger partial charge in [0.05, 0.1) is 36.1 Å². The number of Topliss-reactive ketones (excluding diaryl/α,β-unsaturated/α-hetero) is 1. The van der Waals surface area contributed by atoms with Crippen LogP contribution in [0, 0.1) is 11.3 Å². The number of benzene rings is 1. The molecule has 1 unspecified atom stereocenters. The summed E-state index contributed by atoms with van der Waals surface area (Å²) in [5.74, 6) is 1.44. The molecule has 1 aromatic carbocycles. The zero-order chi connectivity index (χ0) is 29.0. The molecule has 2 aromatic heterocycles. The highest BCUT2D eigenvalue weighted by Gasteiger charge is 2.58. The second-order valence-electron chi connectivity index (χ2n) is 11.4. The Balaban J connectivity index is 1.31. The van der Waals surface area contributed by atoms with Crippen molar-refractivity contribution < 1.29 is 19.1 Å². The monoisotopic (exact) mass is 560 g/mol. The van der Waals surface area contributed by atoms with Crippen molar-refractivity contribution in [2.75, 3.05) is 20.2 Å². The van der Waals surface area contributed by atoms with Gasteiger partial charge in [-0.3, -0.25) is 9.59 Å². The summed E-state index contributed by atoms with van der Waals surface area (Å²) in [6.07, 6.45) is 8.68. The number of nitrogens with two attached hydrogens (primary N) is 1. The molecule has 3 aromatic rings. The van der Waals surface area contributed by atoms with Crippen molar-refractivity contribution in [2.24, 2.45) is 17.1 Å². The average Bonchev–Trinajstić information content (AvgIpc) is 3.45. The number of piperidine rings is 1. The number of hydrogen-bond acceptors (Lipinski definition) is 6. The van der Waals surface area contributed by atoms with Gasteiger partial charge in [0.2, 0.25) is 11.8 Å². The number of imidazole rings is 1. The van der Waals surface area contributed by atoms with E-state index in [1.807, 2.05) is 37.3 Å². The number of urea groups is 1. The van der Waals surface area contributed by atoms with Gasteiger partial charge in [0.1, 0.15) is 11.6 Å². The quantitative estimate of drug-likeness (QED) is 0.269. The molecule has 10 heteroatoms. The number of carbonyl (C=O) groups is 3. The molecule has 218 valence electrons. The predicted molar refractivity (Wildman–Crippen MR) is 156 cm³/mol. The summed E-state index contributed by atoms with van der Waals surface area (Å²) in [6, 6.07) is 9.22. The molecular formula is C31H40N6O4. The number of pyridine rings is 1. The first-order chi connectivity index (χ1) is 19.8. The number of hydrogen-bond donors (Lipinski definition) is 3. The van der Waals surface area contributed by atoms with Crippen molar-refractivity contribution in [3.63, 3.8) is 0 Å². The fourth-order valence-corrected chi connectivity index (χ4v) is 6.11. The van der Waals surface area contributed by atoms with Crippen LogP contribution in [0.15, 0.2) is 36.5 Å². The third-order valence-corrected chi connectivity index (χ3v) is 8.83. The van der Waals surface area contributed by atoms with Gasteiger partial charge in [0.25, 0.3) is 0 Å². The first-order valence-electron chi connectivity index (χ1n) is 14.7. The number of unbranched alkanes of at least 4 members (excludes halogenated alkanes) is 2. The number of methoxy groups -OCH3 is 1.